The first kappa shape index (κ1) is 16.0. The SMILES string of the molecule is O=c1[nH]cc(C2OC(COP(=O)(O)O)C(O)C2O)c(=O)[nH]1. The number of phosphoric acid groups is 1. The van der Waals surface area contributed by atoms with Crippen LogP contribution in [0.15, 0.2) is 15.8 Å². The van der Waals surface area contributed by atoms with E-state index in [1.807, 2.05) is 4.98 Å². The zero-order valence-electron chi connectivity index (χ0n) is 10.4. The minimum Gasteiger partial charge on any atom is -0.387 e. The molecular formula is C9H13N2O9P. The molecule has 21 heavy (non-hydrogen) atoms. The third-order valence-corrected chi connectivity index (χ3v) is 3.41. The molecule has 1 aliphatic heterocycles. The first-order valence-electron chi connectivity index (χ1n) is 5.72. The maximum atomic E-state index is 11.6. The van der Waals surface area contributed by atoms with Crippen LogP contribution in [-0.4, -0.2) is 54.9 Å². The van der Waals surface area contributed by atoms with E-state index in [4.69, 9.17) is 14.5 Å². The van der Waals surface area contributed by atoms with Gasteiger partial charge in [-0.05, 0) is 0 Å². The molecule has 0 aromatic carbocycles. The van der Waals surface area contributed by atoms with Gasteiger partial charge in [-0.3, -0.25) is 14.3 Å². The number of nitrogens with one attached hydrogen (secondary N) is 2. The number of H-pyrrole nitrogens is 2. The minimum atomic E-state index is -4.76. The van der Waals surface area contributed by atoms with Gasteiger partial charge < -0.3 is 29.7 Å². The lowest BCUT2D eigenvalue weighted by Gasteiger charge is -2.14. The molecule has 12 heteroatoms. The fourth-order valence-electron chi connectivity index (χ4n) is 1.95. The molecule has 2 rings (SSSR count). The fraction of sp³-hybridized carbons (Fsp3) is 0.556. The zero-order chi connectivity index (χ0) is 15.8. The number of phosphoric ester groups is 1. The molecule has 0 spiro atoms. The predicted molar refractivity (Wildman–Crippen MR) is 65.3 cm³/mol. The molecule has 2 heterocycles. The number of aliphatic hydroxyl groups is 2. The lowest BCUT2D eigenvalue weighted by atomic mass is 10.0. The normalized spacial score (nSPS) is 29.7. The second-order valence-electron chi connectivity index (χ2n) is 4.39. The summed E-state index contributed by atoms with van der Waals surface area (Å²) in [6.45, 7) is -0.680. The maximum Gasteiger partial charge on any atom is 0.469 e. The van der Waals surface area contributed by atoms with Crippen LogP contribution in [-0.2, 0) is 13.8 Å². The maximum absolute atomic E-state index is 11.6. The Bertz CT molecular complexity index is 664. The van der Waals surface area contributed by atoms with E-state index in [0.29, 0.717) is 0 Å². The summed E-state index contributed by atoms with van der Waals surface area (Å²) in [4.78, 5) is 43.8. The van der Waals surface area contributed by atoms with Crippen LogP contribution in [0.3, 0.4) is 0 Å². The summed E-state index contributed by atoms with van der Waals surface area (Å²) in [6, 6.07) is 0. The number of hydrogen-bond acceptors (Lipinski definition) is 7. The van der Waals surface area contributed by atoms with Gasteiger partial charge in [0.05, 0.1) is 12.2 Å². The Labute approximate surface area is 116 Å². The molecule has 4 atom stereocenters. The van der Waals surface area contributed by atoms with Crippen LogP contribution < -0.4 is 11.2 Å². The third kappa shape index (κ3) is 3.66. The van der Waals surface area contributed by atoms with Crippen LogP contribution in [0.25, 0.3) is 0 Å². The van der Waals surface area contributed by atoms with E-state index in [9.17, 15) is 24.4 Å². The molecule has 0 amide bonds. The van der Waals surface area contributed by atoms with E-state index < -0.39 is 50.1 Å². The standard InChI is InChI=1S/C9H13N2O9P/c12-5-4(2-19-21(16,17)18)20-7(6(5)13)3-1-10-9(15)11-8(3)14/h1,4-7,12-13H,2H2,(H2,16,17,18)(H2,10,11,14,15). The Kier molecular flexibility index (Phi) is 4.44. The van der Waals surface area contributed by atoms with Gasteiger partial charge in [-0.25, -0.2) is 9.36 Å². The van der Waals surface area contributed by atoms with Gasteiger partial charge in [-0.15, -0.1) is 0 Å². The quantitative estimate of drug-likeness (QED) is 0.322. The van der Waals surface area contributed by atoms with Crippen LogP contribution in [0, 0.1) is 0 Å². The van der Waals surface area contributed by atoms with Gasteiger partial charge in [0.15, 0.2) is 0 Å². The highest BCUT2D eigenvalue weighted by Crippen LogP contribution is 2.38. The molecule has 4 unspecified atom stereocenters. The molecule has 0 aliphatic carbocycles. The Morgan fingerprint density at radius 3 is 2.52 bits per heavy atom. The van der Waals surface area contributed by atoms with Crippen LogP contribution in [0.5, 0.6) is 0 Å². The van der Waals surface area contributed by atoms with Crippen molar-refractivity contribution in [1.82, 2.24) is 9.97 Å². The Hall–Kier alpha value is -1.33. The molecule has 1 saturated heterocycles. The molecule has 1 fully saturated rings. The van der Waals surface area contributed by atoms with Crippen molar-refractivity contribution < 1.29 is 33.8 Å². The van der Waals surface area contributed by atoms with Gasteiger partial charge in [0.25, 0.3) is 5.56 Å². The van der Waals surface area contributed by atoms with E-state index >= 15 is 0 Å². The highest BCUT2D eigenvalue weighted by molar-refractivity contribution is 7.46. The molecule has 0 radical (unpaired) electrons. The van der Waals surface area contributed by atoms with Crippen molar-refractivity contribution in [3.63, 3.8) is 0 Å². The number of aromatic amines is 2. The van der Waals surface area contributed by atoms with Crippen LogP contribution in [0.4, 0.5) is 0 Å². The summed E-state index contributed by atoms with van der Waals surface area (Å²) < 4.78 is 20.0. The van der Waals surface area contributed by atoms with Gasteiger partial charge in [-0.1, -0.05) is 0 Å². The highest BCUT2D eigenvalue weighted by Gasteiger charge is 2.45. The predicted octanol–water partition coefficient (Wildman–Crippen LogP) is -2.67. The summed E-state index contributed by atoms with van der Waals surface area (Å²) >= 11 is 0. The lowest BCUT2D eigenvalue weighted by Crippen LogP contribution is -2.34. The van der Waals surface area contributed by atoms with Gasteiger partial charge in [0.1, 0.15) is 24.4 Å². The smallest absolute Gasteiger partial charge is 0.387 e. The van der Waals surface area contributed by atoms with Crippen LogP contribution in [0.2, 0.25) is 0 Å². The molecule has 1 aromatic heterocycles. The van der Waals surface area contributed by atoms with E-state index in [1.165, 1.54) is 0 Å². The topological polar surface area (TPSA) is 182 Å². The van der Waals surface area contributed by atoms with Gasteiger partial charge >= 0.3 is 13.5 Å². The van der Waals surface area contributed by atoms with Crippen molar-refractivity contribution in [1.29, 1.82) is 0 Å². The van der Waals surface area contributed by atoms with E-state index in [0.717, 1.165) is 6.20 Å². The van der Waals surface area contributed by atoms with Crippen molar-refractivity contribution in [2.24, 2.45) is 0 Å². The zero-order valence-corrected chi connectivity index (χ0v) is 11.3. The fourth-order valence-corrected chi connectivity index (χ4v) is 2.29. The third-order valence-electron chi connectivity index (χ3n) is 2.92. The number of aromatic nitrogens is 2. The average Bonchev–Trinajstić information content (AvgIpc) is 2.64. The Morgan fingerprint density at radius 2 is 1.95 bits per heavy atom. The number of aliphatic hydroxyl groups excluding tert-OH is 2. The van der Waals surface area contributed by atoms with E-state index in [-0.39, 0.29) is 5.56 Å². The van der Waals surface area contributed by atoms with Crippen molar-refractivity contribution >= 4 is 7.82 Å². The van der Waals surface area contributed by atoms with Crippen LogP contribution >= 0.6 is 7.82 Å². The van der Waals surface area contributed by atoms with Crippen molar-refractivity contribution in [3.05, 3.63) is 32.6 Å². The Balaban J connectivity index is 2.18. The summed E-state index contributed by atoms with van der Waals surface area (Å²) in [5, 5.41) is 19.6. The minimum absolute atomic E-state index is 0.139. The summed E-state index contributed by atoms with van der Waals surface area (Å²) in [7, 11) is -4.76. The van der Waals surface area contributed by atoms with Crippen molar-refractivity contribution in [3.8, 4) is 0 Å². The molecular weight excluding hydrogens is 311 g/mol. The largest absolute Gasteiger partial charge is 0.469 e. The van der Waals surface area contributed by atoms with Gasteiger partial charge in [-0.2, -0.15) is 0 Å². The van der Waals surface area contributed by atoms with E-state index in [1.54, 1.807) is 0 Å². The second kappa shape index (κ2) is 5.81. The monoisotopic (exact) mass is 324 g/mol. The average molecular weight is 324 g/mol. The van der Waals surface area contributed by atoms with E-state index in [2.05, 4.69) is 9.51 Å². The molecule has 11 nitrogen and oxygen atoms in total. The molecule has 0 bridgehead atoms. The molecule has 1 aliphatic rings. The first-order valence-corrected chi connectivity index (χ1v) is 7.25. The highest BCUT2D eigenvalue weighted by atomic mass is 31.2. The van der Waals surface area contributed by atoms with Gasteiger partial charge in [0, 0.05) is 6.20 Å². The number of hydrogen-bond donors (Lipinski definition) is 6. The second-order valence-corrected chi connectivity index (χ2v) is 5.63. The molecule has 0 saturated carbocycles. The van der Waals surface area contributed by atoms with Crippen molar-refractivity contribution in [2.45, 2.75) is 24.4 Å². The lowest BCUT2D eigenvalue weighted by molar-refractivity contribution is -0.0228. The molecule has 118 valence electrons. The Morgan fingerprint density at radius 1 is 1.29 bits per heavy atom. The summed E-state index contributed by atoms with van der Waals surface area (Å²) in [5.41, 5.74) is -1.70. The number of ether oxygens (including phenoxy) is 1. The van der Waals surface area contributed by atoms with Crippen LogP contribution in [0.1, 0.15) is 11.7 Å². The molecule has 1 aromatic rings. The summed E-state index contributed by atoms with van der Waals surface area (Å²) in [6.07, 6.45) is -4.54. The van der Waals surface area contributed by atoms with Crippen molar-refractivity contribution in [2.75, 3.05) is 6.61 Å². The summed E-state index contributed by atoms with van der Waals surface area (Å²) in [5.74, 6) is 0. The first-order chi connectivity index (χ1) is 9.69. The molecule has 6 N–H and O–H groups in total. The number of rotatable bonds is 4. The van der Waals surface area contributed by atoms with Gasteiger partial charge in [0.2, 0.25) is 0 Å².